The molecule has 0 unspecified atom stereocenters. The highest BCUT2D eigenvalue weighted by Crippen LogP contribution is 2.22. The van der Waals surface area contributed by atoms with Crippen LogP contribution in [-0.2, 0) is 21.4 Å². The Morgan fingerprint density at radius 3 is 2.41 bits per heavy atom. The van der Waals surface area contributed by atoms with E-state index in [-0.39, 0.29) is 25.2 Å². The smallest absolute Gasteiger partial charge is 0.429 e. The second-order valence-corrected chi connectivity index (χ2v) is 5.50. The number of rotatable bonds is 4. The quantitative estimate of drug-likeness (QED) is 0.859. The number of carbonyl (C=O) groups is 2. The lowest BCUT2D eigenvalue weighted by molar-refractivity contribution is 0.0680. The molecule has 0 aliphatic rings. The number of aromatic nitrogens is 1. The maximum Gasteiger partial charge on any atom is 0.429 e. The van der Waals surface area contributed by atoms with E-state index in [1.54, 1.807) is 13.8 Å². The molecule has 0 saturated heterocycles. The minimum absolute atomic E-state index is 0.0132. The molecule has 0 atom stereocenters. The van der Waals surface area contributed by atoms with Crippen LogP contribution in [0, 0.1) is 0 Å². The first-order valence-corrected chi connectivity index (χ1v) is 7.10. The molecule has 1 aromatic heterocycles. The van der Waals surface area contributed by atoms with Crippen LogP contribution in [0.4, 0.5) is 9.59 Å². The number of amides is 2. The predicted octanol–water partition coefficient (Wildman–Crippen LogP) is 2.59. The van der Waals surface area contributed by atoms with Crippen molar-refractivity contribution in [2.75, 3.05) is 13.2 Å². The van der Waals surface area contributed by atoms with Gasteiger partial charge in [-0.1, -0.05) is 20.8 Å². The number of hydrogen-bond acceptors (Lipinski definition) is 6. The largest absolute Gasteiger partial charge is 0.449 e. The minimum atomic E-state index is -0.744. The van der Waals surface area contributed by atoms with Gasteiger partial charge in [0, 0.05) is 5.41 Å². The Labute approximate surface area is 129 Å². The Morgan fingerprint density at radius 1 is 1.27 bits per heavy atom. The summed E-state index contributed by atoms with van der Waals surface area (Å²) in [6.07, 6.45) is 0.0648. The lowest BCUT2D eigenvalue weighted by Gasteiger charge is -2.20. The molecule has 0 aromatic carbocycles. The lowest BCUT2D eigenvalue weighted by atomic mass is 9.97. The normalized spacial score (nSPS) is 11.0. The molecule has 8 nitrogen and oxygen atoms in total. The molecular formula is C14H23N3O5. The molecule has 2 amide bonds. The van der Waals surface area contributed by atoms with Crippen LogP contribution in [0.3, 0.4) is 0 Å². The monoisotopic (exact) mass is 313 g/mol. The standard InChI is InChI=1S/C14H23N3O5/c1-6-20-12(18)16-17(13(19)21-7-2)9-10-8-15-11(22-10)14(3,4)5/h8H,6-7,9H2,1-5H3,(H,16,18). The summed E-state index contributed by atoms with van der Waals surface area (Å²) < 4.78 is 15.2. The third-order valence-electron chi connectivity index (χ3n) is 2.50. The van der Waals surface area contributed by atoms with E-state index in [1.807, 2.05) is 20.8 Å². The second-order valence-electron chi connectivity index (χ2n) is 5.50. The first kappa shape index (κ1) is 17.8. The molecule has 1 N–H and O–H groups in total. The summed E-state index contributed by atoms with van der Waals surface area (Å²) >= 11 is 0. The van der Waals surface area contributed by atoms with Gasteiger partial charge in [0.1, 0.15) is 12.3 Å². The third-order valence-corrected chi connectivity index (χ3v) is 2.50. The Morgan fingerprint density at radius 2 is 1.91 bits per heavy atom. The highest BCUT2D eigenvalue weighted by atomic mass is 16.6. The van der Waals surface area contributed by atoms with Crippen LogP contribution in [0.1, 0.15) is 46.3 Å². The molecule has 1 heterocycles. The van der Waals surface area contributed by atoms with Gasteiger partial charge in [0.05, 0.1) is 19.4 Å². The summed E-state index contributed by atoms with van der Waals surface area (Å²) in [4.78, 5) is 27.5. The summed E-state index contributed by atoms with van der Waals surface area (Å²) in [7, 11) is 0. The van der Waals surface area contributed by atoms with Gasteiger partial charge in [-0.3, -0.25) is 0 Å². The fraction of sp³-hybridized carbons (Fsp3) is 0.643. The van der Waals surface area contributed by atoms with Gasteiger partial charge in [-0.25, -0.2) is 25.0 Å². The number of nitrogens with one attached hydrogen (secondary N) is 1. The SMILES string of the molecule is CCOC(=O)NN(Cc1cnc(C(C)(C)C)o1)C(=O)OCC. The van der Waals surface area contributed by atoms with Crippen molar-refractivity contribution in [2.24, 2.45) is 0 Å². The first-order chi connectivity index (χ1) is 10.3. The molecule has 0 bridgehead atoms. The molecule has 0 saturated carbocycles. The van der Waals surface area contributed by atoms with E-state index in [0.29, 0.717) is 11.7 Å². The van der Waals surface area contributed by atoms with Crippen LogP contribution in [0.2, 0.25) is 0 Å². The van der Waals surface area contributed by atoms with Crippen molar-refractivity contribution < 1.29 is 23.5 Å². The maximum absolute atomic E-state index is 11.9. The van der Waals surface area contributed by atoms with Gasteiger partial charge in [0.25, 0.3) is 0 Å². The zero-order valence-corrected chi connectivity index (χ0v) is 13.6. The highest BCUT2D eigenvalue weighted by Gasteiger charge is 2.24. The zero-order valence-electron chi connectivity index (χ0n) is 13.6. The Kier molecular flexibility index (Phi) is 6.21. The average molecular weight is 313 g/mol. The number of hydrogen-bond donors (Lipinski definition) is 1. The van der Waals surface area contributed by atoms with Gasteiger partial charge in [-0.2, -0.15) is 0 Å². The fourth-order valence-corrected chi connectivity index (χ4v) is 1.51. The summed E-state index contributed by atoms with van der Waals surface area (Å²) in [6.45, 7) is 9.59. The molecule has 8 heteroatoms. The predicted molar refractivity (Wildman–Crippen MR) is 77.9 cm³/mol. The molecule has 1 rings (SSSR count). The van der Waals surface area contributed by atoms with Crippen LogP contribution in [0.5, 0.6) is 0 Å². The summed E-state index contributed by atoms with van der Waals surface area (Å²) in [6, 6.07) is 0. The van der Waals surface area contributed by atoms with E-state index in [4.69, 9.17) is 13.9 Å². The van der Waals surface area contributed by atoms with Crippen LogP contribution in [0.25, 0.3) is 0 Å². The minimum Gasteiger partial charge on any atom is -0.449 e. The van der Waals surface area contributed by atoms with Gasteiger partial charge in [0.2, 0.25) is 0 Å². The molecule has 22 heavy (non-hydrogen) atoms. The van der Waals surface area contributed by atoms with Crippen molar-refractivity contribution in [2.45, 2.75) is 46.6 Å². The van der Waals surface area contributed by atoms with Crippen molar-refractivity contribution in [3.05, 3.63) is 17.8 Å². The van der Waals surface area contributed by atoms with Gasteiger partial charge in [-0.05, 0) is 13.8 Å². The molecule has 0 fully saturated rings. The van der Waals surface area contributed by atoms with Crippen molar-refractivity contribution in [1.29, 1.82) is 0 Å². The van der Waals surface area contributed by atoms with Crippen LogP contribution in [-0.4, -0.2) is 35.4 Å². The van der Waals surface area contributed by atoms with Gasteiger partial charge < -0.3 is 13.9 Å². The van der Waals surface area contributed by atoms with Crippen LogP contribution >= 0.6 is 0 Å². The van der Waals surface area contributed by atoms with E-state index < -0.39 is 12.2 Å². The number of hydrazine groups is 1. The van der Waals surface area contributed by atoms with Crippen molar-refractivity contribution in [3.63, 3.8) is 0 Å². The van der Waals surface area contributed by atoms with Crippen LogP contribution in [0.15, 0.2) is 10.6 Å². The molecule has 1 aromatic rings. The van der Waals surface area contributed by atoms with Gasteiger partial charge in [-0.15, -0.1) is 0 Å². The average Bonchev–Trinajstić information content (AvgIpc) is 2.87. The fourth-order valence-electron chi connectivity index (χ4n) is 1.51. The molecule has 0 spiro atoms. The van der Waals surface area contributed by atoms with Gasteiger partial charge >= 0.3 is 12.2 Å². The zero-order chi connectivity index (χ0) is 16.8. The maximum atomic E-state index is 11.9. The molecule has 0 aliphatic carbocycles. The van der Waals surface area contributed by atoms with Crippen molar-refractivity contribution in [3.8, 4) is 0 Å². The van der Waals surface area contributed by atoms with Crippen molar-refractivity contribution in [1.82, 2.24) is 15.4 Å². The van der Waals surface area contributed by atoms with Gasteiger partial charge in [0.15, 0.2) is 5.89 Å². The summed E-state index contributed by atoms with van der Waals surface area (Å²) in [5.41, 5.74) is 2.06. The van der Waals surface area contributed by atoms with E-state index in [1.165, 1.54) is 6.20 Å². The Bertz CT molecular complexity index is 507. The molecule has 0 aliphatic heterocycles. The first-order valence-electron chi connectivity index (χ1n) is 7.10. The number of ether oxygens (including phenoxy) is 2. The van der Waals surface area contributed by atoms with Crippen LogP contribution < -0.4 is 5.43 Å². The van der Waals surface area contributed by atoms with E-state index in [2.05, 4.69) is 10.4 Å². The molecule has 0 radical (unpaired) electrons. The number of oxazole rings is 1. The number of carbonyl (C=O) groups excluding carboxylic acids is 2. The topological polar surface area (TPSA) is 93.9 Å². The number of nitrogens with zero attached hydrogens (tertiary/aromatic N) is 2. The molecular weight excluding hydrogens is 290 g/mol. The Balaban J connectivity index is 2.81. The highest BCUT2D eigenvalue weighted by molar-refractivity contribution is 5.73. The van der Waals surface area contributed by atoms with E-state index >= 15 is 0 Å². The van der Waals surface area contributed by atoms with Crippen molar-refractivity contribution >= 4 is 12.2 Å². The van der Waals surface area contributed by atoms with E-state index in [9.17, 15) is 9.59 Å². The van der Waals surface area contributed by atoms with E-state index in [0.717, 1.165) is 5.01 Å². The third kappa shape index (κ3) is 5.27. The lowest BCUT2D eigenvalue weighted by Crippen LogP contribution is -2.46. The second kappa shape index (κ2) is 7.67. The molecule has 124 valence electrons. The Hall–Kier alpha value is -2.25. The summed E-state index contributed by atoms with van der Waals surface area (Å²) in [5, 5.41) is 0.981. The summed E-state index contributed by atoms with van der Waals surface area (Å²) in [5.74, 6) is 0.970.